The Morgan fingerprint density at radius 1 is 1.27 bits per heavy atom. The molecular formula is C19H21N3O3S. The Kier molecular flexibility index (Phi) is 5.46. The monoisotopic (exact) mass is 371 g/mol. The van der Waals surface area contributed by atoms with E-state index in [2.05, 4.69) is 4.98 Å². The Morgan fingerprint density at radius 3 is 2.73 bits per heavy atom. The molecule has 0 N–H and O–H groups in total. The zero-order valence-corrected chi connectivity index (χ0v) is 15.9. The molecule has 3 rings (SSSR count). The average Bonchev–Trinajstić information content (AvgIpc) is 3.04. The molecule has 0 spiro atoms. The van der Waals surface area contributed by atoms with Gasteiger partial charge in [0.1, 0.15) is 11.5 Å². The predicted molar refractivity (Wildman–Crippen MR) is 102 cm³/mol. The number of fused-ring (bicyclic) bond motifs is 1. The Hall–Kier alpha value is -2.54. The second-order valence-corrected chi connectivity index (χ2v) is 6.95. The molecule has 136 valence electrons. The summed E-state index contributed by atoms with van der Waals surface area (Å²) in [5, 5.41) is 1.15. The van der Waals surface area contributed by atoms with E-state index in [0.717, 1.165) is 11.5 Å². The summed E-state index contributed by atoms with van der Waals surface area (Å²) in [6, 6.07) is 11.0. The van der Waals surface area contributed by atoms with Crippen molar-refractivity contribution in [3.63, 3.8) is 0 Å². The predicted octanol–water partition coefficient (Wildman–Crippen LogP) is 3.07. The number of aromatic nitrogens is 2. The van der Waals surface area contributed by atoms with E-state index in [4.69, 9.17) is 4.42 Å². The highest BCUT2D eigenvalue weighted by molar-refractivity contribution is 7.99. The van der Waals surface area contributed by atoms with Gasteiger partial charge in [0.25, 0.3) is 5.56 Å². The molecule has 0 saturated carbocycles. The zero-order chi connectivity index (χ0) is 18.7. The number of thioether (sulfide) groups is 1. The minimum absolute atomic E-state index is 0.0471. The fourth-order valence-electron chi connectivity index (χ4n) is 2.67. The molecule has 0 bridgehead atoms. The standard InChI is InChI=1S/C19H21N3O3S/c1-4-22-18(24)15-7-5-6-8-16(15)20-19(22)26-12-17(23)21(3)11-14-10-9-13(2)25-14/h5-10H,4,11-12H2,1-3H3. The van der Waals surface area contributed by atoms with E-state index in [9.17, 15) is 9.59 Å². The number of carbonyl (C=O) groups is 1. The molecule has 0 unspecified atom stereocenters. The molecule has 0 saturated heterocycles. The maximum Gasteiger partial charge on any atom is 0.262 e. The molecule has 3 aromatic rings. The fourth-order valence-corrected chi connectivity index (χ4v) is 3.67. The summed E-state index contributed by atoms with van der Waals surface area (Å²) in [7, 11) is 1.74. The summed E-state index contributed by atoms with van der Waals surface area (Å²) in [5.74, 6) is 1.73. The third-order valence-corrected chi connectivity index (χ3v) is 5.04. The van der Waals surface area contributed by atoms with E-state index in [1.165, 1.54) is 11.8 Å². The van der Waals surface area contributed by atoms with Crippen LogP contribution in [0, 0.1) is 6.92 Å². The maximum absolute atomic E-state index is 12.6. The number of nitrogens with zero attached hydrogens (tertiary/aromatic N) is 3. The number of para-hydroxylation sites is 1. The van der Waals surface area contributed by atoms with Crippen molar-refractivity contribution in [2.75, 3.05) is 12.8 Å². The molecule has 0 aliphatic rings. The first-order chi connectivity index (χ1) is 12.5. The van der Waals surface area contributed by atoms with Crippen molar-refractivity contribution in [3.8, 4) is 0 Å². The number of furan rings is 1. The van der Waals surface area contributed by atoms with Crippen LogP contribution in [0.2, 0.25) is 0 Å². The summed E-state index contributed by atoms with van der Waals surface area (Å²) in [6.07, 6.45) is 0. The van der Waals surface area contributed by atoms with Gasteiger partial charge in [0.2, 0.25) is 5.91 Å². The molecule has 2 heterocycles. The Labute approximate surface area is 155 Å². The summed E-state index contributed by atoms with van der Waals surface area (Å²) in [6.45, 7) is 4.69. The highest BCUT2D eigenvalue weighted by Gasteiger charge is 2.15. The molecule has 0 radical (unpaired) electrons. The van der Waals surface area contributed by atoms with Crippen LogP contribution in [0.5, 0.6) is 0 Å². The normalized spacial score (nSPS) is 11.0. The largest absolute Gasteiger partial charge is 0.464 e. The lowest BCUT2D eigenvalue weighted by atomic mass is 10.2. The first-order valence-corrected chi connectivity index (χ1v) is 9.39. The molecule has 2 aromatic heterocycles. The van der Waals surface area contributed by atoms with Crippen molar-refractivity contribution < 1.29 is 9.21 Å². The molecule has 1 amide bonds. The van der Waals surface area contributed by atoms with Gasteiger partial charge in [0, 0.05) is 13.6 Å². The second-order valence-electron chi connectivity index (χ2n) is 6.01. The number of hydrogen-bond acceptors (Lipinski definition) is 5. The van der Waals surface area contributed by atoms with Crippen molar-refractivity contribution in [3.05, 3.63) is 58.3 Å². The molecule has 0 fully saturated rings. The SMILES string of the molecule is CCn1c(SCC(=O)N(C)Cc2ccc(C)o2)nc2ccccc2c1=O. The van der Waals surface area contributed by atoms with Gasteiger partial charge in [-0.3, -0.25) is 14.2 Å². The number of benzene rings is 1. The Balaban J connectivity index is 1.74. The molecule has 6 nitrogen and oxygen atoms in total. The van der Waals surface area contributed by atoms with Gasteiger partial charge in [-0.2, -0.15) is 0 Å². The Bertz CT molecular complexity index is 993. The van der Waals surface area contributed by atoms with E-state index in [0.29, 0.717) is 29.1 Å². The Morgan fingerprint density at radius 2 is 2.04 bits per heavy atom. The zero-order valence-electron chi connectivity index (χ0n) is 15.1. The smallest absolute Gasteiger partial charge is 0.262 e. The van der Waals surface area contributed by atoms with E-state index in [-0.39, 0.29) is 17.2 Å². The number of aryl methyl sites for hydroxylation is 1. The number of carbonyl (C=O) groups excluding carboxylic acids is 1. The average molecular weight is 371 g/mol. The molecular weight excluding hydrogens is 350 g/mol. The van der Waals surface area contributed by atoms with E-state index in [1.54, 1.807) is 22.6 Å². The van der Waals surface area contributed by atoms with Crippen LogP contribution in [0.4, 0.5) is 0 Å². The minimum Gasteiger partial charge on any atom is -0.464 e. The van der Waals surface area contributed by atoms with Crippen LogP contribution in [-0.4, -0.2) is 33.2 Å². The van der Waals surface area contributed by atoms with E-state index < -0.39 is 0 Å². The van der Waals surface area contributed by atoms with Gasteiger partial charge in [0.15, 0.2) is 5.16 Å². The number of amides is 1. The van der Waals surface area contributed by atoms with Crippen LogP contribution < -0.4 is 5.56 Å². The first-order valence-electron chi connectivity index (χ1n) is 8.41. The quantitative estimate of drug-likeness (QED) is 0.492. The molecule has 26 heavy (non-hydrogen) atoms. The summed E-state index contributed by atoms with van der Waals surface area (Å²) in [5.41, 5.74) is 0.573. The summed E-state index contributed by atoms with van der Waals surface area (Å²) in [4.78, 5) is 31.2. The summed E-state index contributed by atoms with van der Waals surface area (Å²) >= 11 is 1.28. The van der Waals surface area contributed by atoms with Crippen LogP contribution in [0.25, 0.3) is 10.9 Å². The highest BCUT2D eigenvalue weighted by atomic mass is 32.2. The van der Waals surface area contributed by atoms with Gasteiger partial charge in [0.05, 0.1) is 23.2 Å². The van der Waals surface area contributed by atoms with Gasteiger partial charge < -0.3 is 9.32 Å². The third-order valence-electron chi connectivity index (χ3n) is 4.08. The lowest BCUT2D eigenvalue weighted by Crippen LogP contribution is -2.28. The van der Waals surface area contributed by atoms with Crippen molar-refractivity contribution in [1.82, 2.24) is 14.5 Å². The van der Waals surface area contributed by atoms with Crippen LogP contribution in [-0.2, 0) is 17.9 Å². The van der Waals surface area contributed by atoms with Gasteiger partial charge in [-0.1, -0.05) is 23.9 Å². The molecule has 0 aliphatic heterocycles. The van der Waals surface area contributed by atoms with E-state index in [1.807, 2.05) is 44.2 Å². The fraction of sp³-hybridized carbons (Fsp3) is 0.316. The number of rotatable bonds is 6. The van der Waals surface area contributed by atoms with Crippen molar-refractivity contribution in [2.45, 2.75) is 32.1 Å². The van der Waals surface area contributed by atoms with Gasteiger partial charge in [-0.05, 0) is 38.1 Å². The second kappa shape index (κ2) is 7.78. The van der Waals surface area contributed by atoms with Gasteiger partial charge >= 0.3 is 0 Å². The topological polar surface area (TPSA) is 68.3 Å². The lowest BCUT2D eigenvalue weighted by molar-refractivity contribution is -0.127. The van der Waals surface area contributed by atoms with Crippen LogP contribution in [0.15, 0.2) is 50.8 Å². The van der Waals surface area contributed by atoms with Crippen LogP contribution in [0.1, 0.15) is 18.4 Å². The van der Waals surface area contributed by atoms with Crippen LogP contribution >= 0.6 is 11.8 Å². The highest BCUT2D eigenvalue weighted by Crippen LogP contribution is 2.18. The van der Waals surface area contributed by atoms with Gasteiger partial charge in [-0.15, -0.1) is 0 Å². The van der Waals surface area contributed by atoms with Crippen molar-refractivity contribution in [2.24, 2.45) is 0 Å². The minimum atomic E-state index is -0.0764. The first kappa shape index (κ1) is 18.3. The molecule has 0 aliphatic carbocycles. The molecule has 0 atom stereocenters. The summed E-state index contributed by atoms with van der Waals surface area (Å²) < 4.78 is 7.12. The molecule has 7 heteroatoms. The lowest BCUT2D eigenvalue weighted by Gasteiger charge is -2.16. The molecule has 1 aromatic carbocycles. The van der Waals surface area contributed by atoms with E-state index >= 15 is 0 Å². The number of hydrogen-bond donors (Lipinski definition) is 0. The third kappa shape index (κ3) is 3.83. The van der Waals surface area contributed by atoms with Gasteiger partial charge in [-0.25, -0.2) is 4.98 Å². The van der Waals surface area contributed by atoms with Crippen LogP contribution in [0.3, 0.4) is 0 Å². The van der Waals surface area contributed by atoms with Crippen molar-refractivity contribution in [1.29, 1.82) is 0 Å². The van der Waals surface area contributed by atoms with Crippen molar-refractivity contribution >= 4 is 28.6 Å². The maximum atomic E-state index is 12.6.